The monoisotopic (exact) mass is 463 g/mol. The topological polar surface area (TPSA) is 28.5 Å². The van der Waals surface area contributed by atoms with Crippen LogP contribution >= 0.6 is 22.9 Å². The van der Waals surface area contributed by atoms with Gasteiger partial charge in [-0.1, -0.05) is 29.8 Å². The number of amides is 1. The Labute approximate surface area is 197 Å². The smallest absolute Gasteiger partial charge is 0.242 e. The Bertz CT molecular complexity index is 1260. The van der Waals surface area contributed by atoms with Gasteiger partial charge in [-0.15, -0.1) is 11.3 Å². The molecule has 0 N–H and O–H groups in total. The average molecular weight is 464 g/mol. The third kappa shape index (κ3) is 4.03. The van der Waals surface area contributed by atoms with Gasteiger partial charge in [0.05, 0.1) is 10.6 Å². The van der Waals surface area contributed by atoms with Gasteiger partial charge in [-0.05, 0) is 67.3 Å². The van der Waals surface area contributed by atoms with E-state index in [1.54, 1.807) is 11.3 Å². The standard InChI is InChI=1S/C26H26ClN3OS/c1-18-5-3-6-22(13-18)29-11-10-28(16-19(29)2)26(31)17-30-23-9-8-21(27)14-20(23)15-24(30)25-7-4-12-32-25/h3-9,12-15,19H,10-11,16-17H2,1-2H3/t19-/m0/s1. The highest BCUT2D eigenvalue weighted by Crippen LogP contribution is 2.33. The van der Waals surface area contributed by atoms with E-state index < -0.39 is 0 Å². The summed E-state index contributed by atoms with van der Waals surface area (Å²) >= 11 is 7.92. The number of carbonyl (C=O) groups excluding carboxylic acids is 1. The van der Waals surface area contributed by atoms with Gasteiger partial charge in [0.1, 0.15) is 6.54 Å². The van der Waals surface area contributed by atoms with Gasteiger partial charge in [0, 0.05) is 47.3 Å². The van der Waals surface area contributed by atoms with Crippen LogP contribution in [0.5, 0.6) is 0 Å². The number of aryl methyl sites for hydroxylation is 1. The third-order valence-corrected chi connectivity index (χ3v) is 7.37. The first-order valence-electron chi connectivity index (χ1n) is 10.9. The fourth-order valence-corrected chi connectivity index (χ4v) is 5.58. The van der Waals surface area contributed by atoms with Crippen molar-refractivity contribution in [3.63, 3.8) is 0 Å². The highest BCUT2D eigenvalue weighted by atomic mass is 35.5. The summed E-state index contributed by atoms with van der Waals surface area (Å²) in [6, 6.07) is 21.0. The van der Waals surface area contributed by atoms with Gasteiger partial charge in [0.2, 0.25) is 5.91 Å². The zero-order valence-electron chi connectivity index (χ0n) is 18.3. The molecule has 1 fully saturated rings. The maximum Gasteiger partial charge on any atom is 0.242 e. The van der Waals surface area contributed by atoms with Crippen molar-refractivity contribution in [2.24, 2.45) is 0 Å². The molecule has 0 aliphatic carbocycles. The Hall–Kier alpha value is -2.76. The fourth-order valence-electron chi connectivity index (χ4n) is 4.65. The molecular formula is C26H26ClN3OS. The summed E-state index contributed by atoms with van der Waals surface area (Å²) in [5, 5.41) is 3.84. The number of halogens is 1. The van der Waals surface area contributed by atoms with Crippen LogP contribution in [0.25, 0.3) is 21.5 Å². The number of fused-ring (bicyclic) bond motifs is 1. The van der Waals surface area contributed by atoms with E-state index in [1.807, 2.05) is 29.2 Å². The van der Waals surface area contributed by atoms with Crippen LogP contribution in [0, 0.1) is 6.92 Å². The molecule has 1 saturated heterocycles. The number of hydrogen-bond acceptors (Lipinski definition) is 3. The van der Waals surface area contributed by atoms with Gasteiger partial charge < -0.3 is 14.4 Å². The first-order chi connectivity index (χ1) is 15.5. The van der Waals surface area contributed by atoms with Crippen LogP contribution in [0.4, 0.5) is 5.69 Å². The van der Waals surface area contributed by atoms with Gasteiger partial charge in [0.15, 0.2) is 0 Å². The van der Waals surface area contributed by atoms with Crippen LogP contribution in [0.2, 0.25) is 5.02 Å². The quantitative estimate of drug-likeness (QED) is 0.367. The van der Waals surface area contributed by atoms with Crippen molar-refractivity contribution in [2.45, 2.75) is 26.4 Å². The van der Waals surface area contributed by atoms with Crippen LogP contribution in [0.1, 0.15) is 12.5 Å². The number of rotatable bonds is 4. The lowest BCUT2D eigenvalue weighted by atomic mass is 10.1. The molecule has 164 valence electrons. The maximum atomic E-state index is 13.4. The van der Waals surface area contributed by atoms with Crippen molar-refractivity contribution < 1.29 is 4.79 Å². The number of carbonyl (C=O) groups is 1. The number of aromatic nitrogens is 1. The molecule has 32 heavy (non-hydrogen) atoms. The zero-order chi connectivity index (χ0) is 22.2. The van der Waals surface area contributed by atoms with Gasteiger partial charge in [0.25, 0.3) is 0 Å². The molecule has 1 amide bonds. The van der Waals surface area contributed by atoms with Crippen molar-refractivity contribution >= 4 is 45.4 Å². The van der Waals surface area contributed by atoms with E-state index in [1.165, 1.54) is 11.3 Å². The van der Waals surface area contributed by atoms with Crippen LogP contribution in [0.3, 0.4) is 0 Å². The zero-order valence-corrected chi connectivity index (χ0v) is 19.9. The fraction of sp³-hybridized carbons (Fsp3) is 0.269. The van der Waals surface area contributed by atoms with Gasteiger partial charge >= 0.3 is 0 Å². The molecule has 0 bridgehead atoms. The minimum atomic E-state index is 0.158. The van der Waals surface area contributed by atoms with Gasteiger partial charge in [-0.25, -0.2) is 0 Å². The molecule has 0 unspecified atom stereocenters. The molecule has 0 spiro atoms. The van der Waals surface area contributed by atoms with E-state index in [4.69, 9.17) is 11.6 Å². The molecule has 1 aliphatic heterocycles. The number of thiophene rings is 1. The largest absolute Gasteiger partial charge is 0.365 e. The molecule has 3 heterocycles. The summed E-state index contributed by atoms with van der Waals surface area (Å²) in [5.41, 5.74) is 4.60. The van der Waals surface area contributed by atoms with Crippen LogP contribution in [0.15, 0.2) is 66.0 Å². The summed E-state index contributed by atoms with van der Waals surface area (Å²) in [7, 11) is 0. The van der Waals surface area contributed by atoms with Crippen LogP contribution in [-0.2, 0) is 11.3 Å². The highest BCUT2D eigenvalue weighted by molar-refractivity contribution is 7.13. The lowest BCUT2D eigenvalue weighted by Gasteiger charge is -2.41. The second-order valence-corrected chi connectivity index (χ2v) is 9.90. The minimum Gasteiger partial charge on any atom is -0.365 e. The van der Waals surface area contributed by atoms with E-state index in [9.17, 15) is 4.79 Å². The second-order valence-electron chi connectivity index (χ2n) is 8.52. The Kier molecular flexibility index (Phi) is 5.70. The normalized spacial score (nSPS) is 16.7. The molecule has 0 saturated carbocycles. The third-order valence-electron chi connectivity index (χ3n) is 6.24. The van der Waals surface area contributed by atoms with E-state index in [-0.39, 0.29) is 11.9 Å². The highest BCUT2D eigenvalue weighted by Gasteiger charge is 2.27. The van der Waals surface area contributed by atoms with Crippen molar-refractivity contribution in [3.8, 4) is 10.6 Å². The van der Waals surface area contributed by atoms with Crippen molar-refractivity contribution in [2.75, 3.05) is 24.5 Å². The SMILES string of the molecule is Cc1cccc(N2CCN(C(=O)Cn3c(-c4cccs4)cc4cc(Cl)ccc43)C[C@@H]2C)c1. The van der Waals surface area contributed by atoms with E-state index >= 15 is 0 Å². The van der Waals surface area contributed by atoms with Crippen LogP contribution in [-0.4, -0.2) is 41.1 Å². The number of hydrogen-bond donors (Lipinski definition) is 0. The maximum absolute atomic E-state index is 13.4. The number of nitrogens with zero attached hydrogens (tertiary/aromatic N) is 3. The summed E-state index contributed by atoms with van der Waals surface area (Å²) in [4.78, 5) is 19.0. The summed E-state index contributed by atoms with van der Waals surface area (Å²) in [6.07, 6.45) is 0. The molecule has 1 aliphatic rings. The van der Waals surface area contributed by atoms with Crippen molar-refractivity contribution in [3.05, 3.63) is 76.6 Å². The number of piperazine rings is 1. The van der Waals surface area contributed by atoms with E-state index in [0.717, 1.165) is 41.1 Å². The van der Waals surface area contributed by atoms with Gasteiger partial charge in [-0.3, -0.25) is 4.79 Å². The van der Waals surface area contributed by atoms with Crippen LogP contribution < -0.4 is 4.90 Å². The van der Waals surface area contributed by atoms with E-state index in [2.05, 4.69) is 65.1 Å². The first-order valence-corrected chi connectivity index (χ1v) is 12.2. The first kappa shape index (κ1) is 21.1. The Balaban J connectivity index is 1.38. The Morgan fingerprint density at radius 3 is 2.72 bits per heavy atom. The van der Waals surface area contributed by atoms with Crippen molar-refractivity contribution in [1.29, 1.82) is 0 Å². The Morgan fingerprint density at radius 1 is 1.09 bits per heavy atom. The number of anilines is 1. The molecule has 0 radical (unpaired) electrons. The summed E-state index contributed by atoms with van der Waals surface area (Å²) in [6.45, 7) is 6.95. The molecule has 2 aromatic heterocycles. The molecule has 5 rings (SSSR count). The van der Waals surface area contributed by atoms with Crippen molar-refractivity contribution in [1.82, 2.24) is 9.47 Å². The Morgan fingerprint density at radius 2 is 1.97 bits per heavy atom. The van der Waals surface area contributed by atoms with E-state index in [0.29, 0.717) is 11.6 Å². The molecule has 2 aromatic carbocycles. The summed E-state index contributed by atoms with van der Waals surface area (Å²) < 4.78 is 2.14. The van der Waals surface area contributed by atoms with Gasteiger partial charge in [-0.2, -0.15) is 0 Å². The molecule has 4 nitrogen and oxygen atoms in total. The molecular weight excluding hydrogens is 438 g/mol. The minimum absolute atomic E-state index is 0.158. The molecule has 6 heteroatoms. The number of benzene rings is 2. The second kappa shape index (κ2) is 8.64. The lowest BCUT2D eigenvalue weighted by molar-refractivity contribution is -0.132. The average Bonchev–Trinajstić information content (AvgIpc) is 3.41. The predicted octanol–water partition coefficient (Wildman–Crippen LogP) is 6.07. The molecule has 4 aromatic rings. The predicted molar refractivity (Wildman–Crippen MR) is 135 cm³/mol. The molecule has 1 atom stereocenters. The summed E-state index contributed by atoms with van der Waals surface area (Å²) in [5.74, 6) is 0.158. The lowest BCUT2D eigenvalue weighted by Crippen LogP contribution is -2.54.